The van der Waals surface area contributed by atoms with E-state index in [9.17, 15) is 9.59 Å². The van der Waals surface area contributed by atoms with Gasteiger partial charge in [0.05, 0.1) is 19.0 Å². The van der Waals surface area contributed by atoms with Crippen molar-refractivity contribution in [2.75, 3.05) is 7.11 Å². The quantitative estimate of drug-likeness (QED) is 0.502. The molecule has 0 radical (unpaired) electrons. The highest BCUT2D eigenvalue weighted by atomic mass is 32.1. The van der Waals surface area contributed by atoms with Crippen LogP contribution in [0, 0.1) is 13.8 Å². The molecule has 0 aliphatic heterocycles. The van der Waals surface area contributed by atoms with Crippen LogP contribution in [0.2, 0.25) is 0 Å². The summed E-state index contributed by atoms with van der Waals surface area (Å²) in [6.45, 7) is 3.97. The molecule has 3 heterocycles. The third-order valence-corrected chi connectivity index (χ3v) is 6.20. The molecule has 1 N–H and O–H groups in total. The fourth-order valence-corrected chi connectivity index (χ4v) is 4.46. The van der Waals surface area contributed by atoms with Crippen molar-refractivity contribution in [3.05, 3.63) is 80.1 Å². The minimum absolute atomic E-state index is 0.0911. The van der Waals surface area contributed by atoms with E-state index in [1.807, 2.05) is 38.1 Å². The van der Waals surface area contributed by atoms with Gasteiger partial charge < -0.3 is 14.3 Å². The van der Waals surface area contributed by atoms with Crippen molar-refractivity contribution in [3.8, 4) is 5.75 Å². The Kier molecular flexibility index (Phi) is 5.17. The van der Waals surface area contributed by atoms with Crippen molar-refractivity contribution in [1.29, 1.82) is 0 Å². The summed E-state index contributed by atoms with van der Waals surface area (Å²) in [6.07, 6.45) is 0.387. The van der Waals surface area contributed by atoms with E-state index in [-0.39, 0.29) is 17.9 Å². The fraction of sp³-hybridized carbons (Fsp3) is 0.227. The summed E-state index contributed by atoms with van der Waals surface area (Å²) in [5, 5.41) is 9.71. The lowest BCUT2D eigenvalue weighted by atomic mass is 10.1. The molecule has 8 heteroatoms. The lowest BCUT2D eigenvalue weighted by Crippen LogP contribution is -2.26. The number of ether oxygens (including phenoxy) is 1. The van der Waals surface area contributed by atoms with E-state index < -0.39 is 5.97 Å². The average molecular weight is 424 g/mol. The molecule has 0 saturated heterocycles. The second kappa shape index (κ2) is 7.79. The standard InChI is InChI=1S/C22H20N2O5S/c1-12-13(2)30-20-19(12)21(25)24(11-15-8-9-17(29-15)22(26)27)18(23-20)10-14-6-4-5-7-16(14)28-3/h4-9H,10-11H2,1-3H3,(H,26,27). The van der Waals surface area contributed by atoms with Crippen molar-refractivity contribution in [2.24, 2.45) is 0 Å². The van der Waals surface area contributed by atoms with Crippen LogP contribution in [0.25, 0.3) is 10.2 Å². The Balaban J connectivity index is 1.87. The van der Waals surface area contributed by atoms with Crippen LogP contribution in [0.5, 0.6) is 5.75 Å². The molecule has 4 aromatic rings. The number of hydrogen-bond donors (Lipinski definition) is 1. The monoisotopic (exact) mass is 424 g/mol. The number of aromatic nitrogens is 2. The lowest BCUT2D eigenvalue weighted by molar-refractivity contribution is 0.0660. The molecule has 0 unspecified atom stereocenters. The van der Waals surface area contributed by atoms with E-state index in [0.29, 0.717) is 34.0 Å². The summed E-state index contributed by atoms with van der Waals surface area (Å²) in [7, 11) is 1.60. The van der Waals surface area contributed by atoms with Crippen LogP contribution in [0.15, 0.2) is 45.6 Å². The van der Waals surface area contributed by atoms with Crippen LogP contribution in [-0.4, -0.2) is 27.7 Å². The van der Waals surface area contributed by atoms with Gasteiger partial charge in [-0.1, -0.05) is 18.2 Å². The first-order chi connectivity index (χ1) is 14.4. The van der Waals surface area contributed by atoms with Gasteiger partial charge in [0.1, 0.15) is 22.2 Å². The number of rotatable bonds is 6. The Bertz CT molecular complexity index is 1320. The summed E-state index contributed by atoms with van der Waals surface area (Å²) in [4.78, 5) is 31.1. The maximum absolute atomic E-state index is 13.4. The second-order valence-corrected chi connectivity index (χ2v) is 8.15. The Morgan fingerprint density at radius 3 is 2.70 bits per heavy atom. The summed E-state index contributed by atoms with van der Waals surface area (Å²) >= 11 is 1.49. The van der Waals surface area contributed by atoms with Crippen LogP contribution in [0.3, 0.4) is 0 Å². The normalized spacial score (nSPS) is 11.2. The molecule has 1 aromatic carbocycles. The zero-order valence-corrected chi connectivity index (χ0v) is 17.6. The first-order valence-corrected chi connectivity index (χ1v) is 10.1. The summed E-state index contributed by atoms with van der Waals surface area (Å²) in [5.41, 5.74) is 1.64. The Labute approximate surface area is 176 Å². The van der Waals surface area contributed by atoms with Gasteiger partial charge in [-0.25, -0.2) is 9.78 Å². The van der Waals surface area contributed by atoms with Gasteiger partial charge in [0.15, 0.2) is 0 Å². The molecule has 3 aromatic heterocycles. The number of fused-ring (bicyclic) bond motifs is 1. The third kappa shape index (κ3) is 3.50. The van der Waals surface area contributed by atoms with Crippen LogP contribution < -0.4 is 10.3 Å². The number of carbonyl (C=O) groups is 1. The molecule has 30 heavy (non-hydrogen) atoms. The molecule has 7 nitrogen and oxygen atoms in total. The number of aryl methyl sites for hydroxylation is 2. The second-order valence-electron chi connectivity index (χ2n) is 6.94. The molecule has 4 rings (SSSR count). The molecule has 0 fully saturated rings. The smallest absolute Gasteiger partial charge is 0.371 e. The van der Waals surface area contributed by atoms with Gasteiger partial charge in [0.2, 0.25) is 5.76 Å². The van der Waals surface area contributed by atoms with E-state index in [0.717, 1.165) is 16.0 Å². The molecule has 0 aliphatic carbocycles. The molecule has 0 bridgehead atoms. The summed E-state index contributed by atoms with van der Waals surface area (Å²) in [6, 6.07) is 10.5. The number of methoxy groups -OCH3 is 1. The van der Waals surface area contributed by atoms with Gasteiger partial charge >= 0.3 is 5.97 Å². The number of thiophene rings is 1. The van der Waals surface area contributed by atoms with Crippen LogP contribution in [0.1, 0.15) is 38.1 Å². The molecule has 0 atom stereocenters. The SMILES string of the molecule is COc1ccccc1Cc1nc2sc(C)c(C)c2c(=O)n1Cc1ccc(C(=O)O)o1. The predicted octanol–water partition coefficient (Wildman–Crippen LogP) is 4.01. The van der Waals surface area contributed by atoms with Crippen LogP contribution in [-0.2, 0) is 13.0 Å². The molecule has 154 valence electrons. The van der Waals surface area contributed by atoms with Crippen molar-refractivity contribution in [2.45, 2.75) is 26.8 Å². The number of nitrogens with zero attached hydrogens (tertiary/aromatic N) is 2. The van der Waals surface area contributed by atoms with Gasteiger partial charge in [0.25, 0.3) is 5.56 Å². The van der Waals surface area contributed by atoms with Crippen molar-refractivity contribution in [1.82, 2.24) is 9.55 Å². The zero-order valence-electron chi connectivity index (χ0n) is 16.8. The highest BCUT2D eigenvalue weighted by Gasteiger charge is 2.19. The first kappa shape index (κ1) is 19.9. The number of para-hydroxylation sites is 1. The van der Waals surface area contributed by atoms with Crippen molar-refractivity contribution >= 4 is 27.5 Å². The van der Waals surface area contributed by atoms with Gasteiger partial charge in [-0.2, -0.15) is 0 Å². The molecule has 0 aliphatic rings. The summed E-state index contributed by atoms with van der Waals surface area (Å²) in [5.74, 6) is 0.331. The van der Waals surface area contributed by atoms with Crippen LogP contribution in [0.4, 0.5) is 0 Å². The van der Waals surface area contributed by atoms with E-state index >= 15 is 0 Å². The fourth-order valence-electron chi connectivity index (χ4n) is 3.42. The predicted molar refractivity (Wildman–Crippen MR) is 114 cm³/mol. The maximum atomic E-state index is 13.4. The summed E-state index contributed by atoms with van der Waals surface area (Å²) < 4.78 is 12.4. The molecular formula is C22H20N2O5S. The molecule has 0 saturated carbocycles. The van der Waals surface area contributed by atoms with Crippen molar-refractivity contribution < 1.29 is 19.1 Å². The number of carboxylic acid groups (broad SMARTS) is 1. The van der Waals surface area contributed by atoms with Crippen molar-refractivity contribution in [3.63, 3.8) is 0 Å². The van der Waals surface area contributed by atoms with Gasteiger partial charge in [-0.3, -0.25) is 9.36 Å². The third-order valence-electron chi connectivity index (χ3n) is 5.10. The Morgan fingerprint density at radius 1 is 1.23 bits per heavy atom. The topological polar surface area (TPSA) is 94.6 Å². The van der Waals surface area contributed by atoms with Gasteiger partial charge in [-0.05, 0) is 37.6 Å². The lowest BCUT2D eigenvalue weighted by Gasteiger charge is -2.13. The molecular weight excluding hydrogens is 404 g/mol. The number of aromatic carboxylic acids is 1. The highest BCUT2D eigenvalue weighted by Crippen LogP contribution is 2.28. The first-order valence-electron chi connectivity index (χ1n) is 9.32. The minimum Gasteiger partial charge on any atom is -0.496 e. The molecule has 0 amide bonds. The van der Waals surface area contributed by atoms with E-state index in [4.69, 9.17) is 19.2 Å². The van der Waals surface area contributed by atoms with Gasteiger partial charge in [-0.15, -0.1) is 11.3 Å². The Morgan fingerprint density at radius 2 is 2.00 bits per heavy atom. The van der Waals surface area contributed by atoms with E-state index in [2.05, 4.69) is 0 Å². The van der Waals surface area contributed by atoms with Crippen LogP contribution >= 0.6 is 11.3 Å². The highest BCUT2D eigenvalue weighted by molar-refractivity contribution is 7.18. The van der Waals surface area contributed by atoms with E-state index in [1.54, 1.807) is 17.7 Å². The number of benzene rings is 1. The number of hydrogen-bond acceptors (Lipinski definition) is 6. The molecule has 0 spiro atoms. The Hall–Kier alpha value is -3.39. The number of furan rings is 1. The van der Waals surface area contributed by atoms with E-state index in [1.165, 1.54) is 17.4 Å². The largest absolute Gasteiger partial charge is 0.496 e. The zero-order chi connectivity index (χ0) is 21.4. The minimum atomic E-state index is -1.15. The average Bonchev–Trinajstić information content (AvgIpc) is 3.30. The van der Waals surface area contributed by atoms with Gasteiger partial charge in [0, 0.05) is 16.9 Å². The maximum Gasteiger partial charge on any atom is 0.371 e. The number of carboxylic acids is 1.